The number of nitrogens with two attached hydrogens (primary N) is 1. The minimum atomic E-state index is -4.03. The number of primary sulfonamides is 1. The number of carboxylic acids is 1. The summed E-state index contributed by atoms with van der Waals surface area (Å²) >= 11 is 0. The molecule has 0 aliphatic carbocycles. The smallest absolute Gasteiger partial charge is 0.328 e. The van der Waals surface area contributed by atoms with E-state index in [2.05, 4.69) is 0 Å². The van der Waals surface area contributed by atoms with Gasteiger partial charge in [-0.15, -0.1) is 0 Å². The minimum absolute atomic E-state index is 0.0301. The Morgan fingerprint density at radius 1 is 1.32 bits per heavy atom. The summed E-state index contributed by atoms with van der Waals surface area (Å²) in [5.74, 6) is -1.05. The van der Waals surface area contributed by atoms with Crippen LogP contribution in [0.2, 0.25) is 0 Å². The van der Waals surface area contributed by atoms with Crippen molar-refractivity contribution in [2.45, 2.75) is 4.90 Å². The van der Waals surface area contributed by atoms with Crippen LogP contribution in [0.4, 0.5) is 0 Å². The molecule has 0 saturated carbocycles. The third kappa shape index (κ3) is 3.70. The molecule has 1 aromatic carbocycles. The van der Waals surface area contributed by atoms with Gasteiger partial charge in [0, 0.05) is 6.08 Å². The largest absolute Gasteiger partial charge is 0.493 e. The molecule has 104 valence electrons. The van der Waals surface area contributed by atoms with E-state index in [4.69, 9.17) is 19.7 Å². The molecule has 3 N–H and O–H groups in total. The predicted molar refractivity (Wildman–Crippen MR) is 67.6 cm³/mol. The van der Waals surface area contributed by atoms with Crippen molar-refractivity contribution in [3.63, 3.8) is 0 Å². The molecule has 0 aliphatic heterocycles. The number of sulfonamides is 1. The average Bonchev–Trinajstić information content (AvgIpc) is 2.33. The quantitative estimate of drug-likeness (QED) is 0.759. The van der Waals surface area contributed by atoms with E-state index in [0.717, 1.165) is 6.08 Å². The normalized spacial score (nSPS) is 11.5. The van der Waals surface area contributed by atoms with Crippen LogP contribution in [0.25, 0.3) is 6.08 Å². The number of rotatable bonds is 5. The molecule has 1 aromatic rings. The number of hydrogen-bond acceptors (Lipinski definition) is 5. The molecule has 7 nitrogen and oxygen atoms in total. The van der Waals surface area contributed by atoms with E-state index in [-0.39, 0.29) is 16.4 Å². The topological polar surface area (TPSA) is 116 Å². The van der Waals surface area contributed by atoms with Crippen LogP contribution >= 0.6 is 0 Å². The Labute approximate surface area is 110 Å². The summed E-state index contributed by atoms with van der Waals surface area (Å²) in [4.78, 5) is 10.2. The van der Waals surface area contributed by atoms with E-state index in [9.17, 15) is 13.2 Å². The van der Waals surface area contributed by atoms with Crippen molar-refractivity contribution < 1.29 is 27.8 Å². The first kappa shape index (κ1) is 15.0. The van der Waals surface area contributed by atoms with Crippen molar-refractivity contribution in [1.82, 2.24) is 0 Å². The molecule has 8 heteroatoms. The van der Waals surface area contributed by atoms with Crippen LogP contribution in [0.5, 0.6) is 11.5 Å². The summed E-state index contributed by atoms with van der Waals surface area (Å²) in [6.45, 7) is 0. The van der Waals surface area contributed by atoms with Gasteiger partial charge in [-0.1, -0.05) is 0 Å². The van der Waals surface area contributed by atoms with E-state index < -0.39 is 16.0 Å². The fraction of sp³-hybridized carbons (Fsp3) is 0.182. The van der Waals surface area contributed by atoms with Crippen molar-refractivity contribution in [1.29, 1.82) is 0 Å². The molecule has 0 bridgehead atoms. The molecular formula is C11H13NO6S. The fourth-order valence-electron chi connectivity index (χ4n) is 1.42. The SMILES string of the molecule is COc1cc(C=CC(=O)O)cc(S(N)(=O)=O)c1OC. The number of benzene rings is 1. The van der Waals surface area contributed by atoms with Crippen molar-refractivity contribution in [3.05, 3.63) is 23.8 Å². The molecule has 0 heterocycles. The maximum absolute atomic E-state index is 11.5. The highest BCUT2D eigenvalue weighted by atomic mass is 32.2. The zero-order chi connectivity index (χ0) is 14.6. The van der Waals surface area contributed by atoms with Crippen molar-refractivity contribution >= 4 is 22.1 Å². The van der Waals surface area contributed by atoms with Gasteiger partial charge in [0.05, 0.1) is 14.2 Å². The monoisotopic (exact) mass is 287 g/mol. The molecule has 0 aromatic heterocycles. The molecule has 0 aliphatic rings. The van der Waals surface area contributed by atoms with Gasteiger partial charge in [-0.2, -0.15) is 0 Å². The number of aliphatic carboxylic acids is 1. The summed E-state index contributed by atoms with van der Waals surface area (Å²) < 4.78 is 32.9. The molecule has 0 unspecified atom stereocenters. The van der Waals surface area contributed by atoms with E-state index in [1.165, 1.54) is 32.4 Å². The average molecular weight is 287 g/mol. The molecule has 0 saturated heterocycles. The Balaban J connectivity index is 3.52. The van der Waals surface area contributed by atoms with E-state index in [0.29, 0.717) is 5.56 Å². The van der Waals surface area contributed by atoms with Crippen LogP contribution in [0.1, 0.15) is 5.56 Å². The highest BCUT2D eigenvalue weighted by Crippen LogP contribution is 2.35. The Hall–Kier alpha value is -2.06. The first-order chi connectivity index (χ1) is 8.79. The number of carbonyl (C=O) groups is 1. The third-order valence-corrected chi connectivity index (χ3v) is 3.11. The first-order valence-electron chi connectivity index (χ1n) is 4.99. The molecule has 0 fully saturated rings. The van der Waals surface area contributed by atoms with Crippen LogP contribution in [-0.2, 0) is 14.8 Å². The van der Waals surface area contributed by atoms with Crippen LogP contribution in [0, 0.1) is 0 Å². The Bertz CT molecular complexity index is 620. The zero-order valence-electron chi connectivity index (χ0n) is 10.3. The van der Waals surface area contributed by atoms with Crippen LogP contribution in [0.15, 0.2) is 23.1 Å². The summed E-state index contributed by atoms with van der Waals surface area (Å²) in [7, 11) is -1.42. The summed E-state index contributed by atoms with van der Waals surface area (Å²) in [6, 6.07) is 2.64. The predicted octanol–water partition coefficient (Wildman–Crippen LogP) is 0.449. The van der Waals surface area contributed by atoms with Crippen LogP contribution in [-0.4, -0.2) is 33.7 Å². The van der Waals surface area contributed by atoms with Gasteiger partial charge in [0.1, 0.15) is 4.90 Å². The lowest BCUT2D eigenvalue weighted by molar-refractivity contribution is -0.131. The van der Waals surface area contributed by atoms with Gasteiger partial charge in [0.25, 0.3) is 0 Å². The second-order valence-corrected chi connectivity index (χ2v) is 5.00. The molecule has 0 radical (unpaired) electrons. The summed E-state index contributed by atoms with van der Waals surface area (Å²) in [6.07, 6.45) is 2.09. The third-order valence-electron chi connectivity index (χ3n) is 2.19. The van der Waals surface area contributed by atoms with Crippen LogP contribution < -0.4 is 14.6 Å². The first-order valence-corrected chi connectivity index (χ1v) is 6.54. The Kier molecular flexibility index (Phi) is 4.52. The maximum atomic E-state index is 11.5. The molecule has 0 amide bonds. The van der Waals surface area contributed by atoms with Crippen LogP contribution in [0.3, 0.4) is 0 Å². The lowest BCUT2D eigenvalue weighted by Gasteiger charge is -2.12. The Morgan fingerprint density at radius 2 is 1.95 bits per heavy atom. The zero-order valence-corrected chi connectivity index (χ0v) is 11.1. The second-order valence-electron chi connectivity index (χ2n) is 3.47. The van der Waals surface area contributed by atoms with E-state index in [1.54, 1.807) is 0 Å². The standard InChI is InChI=1S/C11H13NO6S/c1-17-8-5-7(3-4-10(13)14)6-9(11(8)18-2)19(12,15)16/h3-6H,1-2H3,(H,13,14)(H2,12,15,16). The number of carboxylic acid groups (broad SMARTS) is 1. The number of ether oxygens (including phenoxy) is 2. The Morgan fingerprint density at radius 3 is 2.37 bits per heavy atom. The van der Waals surface area contributed by atoms with E-state index >= 15 is 0 Å². The van der Waals surface area contributed by atoms with Gasteiger partial charge in [0.2, 0.25) is 10.0 Å². The van der Waals surface area contributed by atoms with Gasteiger partial charge in [-0.25, -0.2) is 18.4 Å². The minimum Gasteiger partial charge on any atom is -0.493 e. The number of methoxy groups -OCH3 is 2. The highest BCUT2D eigenvalue weighted by Gasteiger charge is 2.20. The van der Waals surface area contributed by atoms with Crippen molar-refractivity contribution in [2.24, 2.45) is 5.14 Å². The fourth-order valence-corrected chi connectivity index (χ4v) is 2.17. The lowest BCUT2D eigenvalue weighted by Crippen LogP contribution is -2.14. The second kappa shape index (κ2) is 5.72. The number of hydrogen-bond donors (Lipinski definition) is 2. The van der Waals surface area contributed by atoms with Gasteiger partial charge >= 0.3 is 5.97 Å². The molecule has 19 heavy (non-hydrogen) atoms. The molecular weight excluding hydrogens is 274 g/mol. The molecule has 0 spiro atoms. The summed E-state index contributed by atoms with van der Waals surface area (Å²) in [5, 5.41) is 13.6. The van der Waals surface area contributed by atoms with Gasteiger partial charge < -0.3 is 14.6 Å². The van der Waals surface area contributed by atoms with Gasteiger partial charge in [-0.3, -0.25) is 0 Å². The maximum Gasteiger partial charge on any atom is 0.328 e. The van der Waals surface area contributed by atoms with Gasteiger partial charge in [-0.05, 0) is 23.8 Å². The van der Waals surface area contributed by atoms with Crippen molar-refractivity contribution in [2.75, 3.05) is 14.2 Å². The van der Waals surface area contributed by atoms with Crippen molar-refractivity contribution in [3.8, 4) is 11.5 Å². The van der Waals surface area contributed by atoms with E-state index in [1.807, 2.05) is 0 Å². The lowest BCUT2D eigenvalue weighted by atomic mass is 10.2. The molecule has 0 atom stereocenters. The van der Waals surface area contributed by atoms with Gasteiger partial charge in [0.15, 0.2) is 11.5 Å². The summed E-state index contributed by atoms with van der Waals surface area (Å²) in [5.41, 5.74) is 0.309. The molecule has 1 rings (SSSR count). The highest BCUT2D eigenvalue weighted by molar-refractivity contribution is 7.89.